The number of halogens is 3. The molecule has 0 bridgehead atoms. The molecular weight excluding hydrogens is 493 g/mol. The lowest BCUT2D eigenvalue weighted by Gasteiger charge is -2.39. The predicted molar refractivity (Wildman–Crippen MR) is 117 cm³/mol. The first-order valence-corrected chi connectivity index (χ1v) is 11.4. The molecule has 0 saturated carbocycles. The fourth-order valence-electron chi connectivity index (χ4n) is 3.66. The largest absolute Gasteiger partial charge is 0.476 e. The van der Waals surface area contributed by atoms with Gasteiger partial charge in [0.1, 0.15) is 5.75 Å². The first kappa shape index (κ1) is 26.4. The summed E-state index contributed by atoms with van der Waals surface area (Å²) in [7, 11) is 0. The molecule has 0 spiro atoms. The number of aromatic amines is 1. The molecule has 3 rings (SSSR count). The average Bonchev–Trinajstić information content (AvgIpc) is 3.13. The zero-order valence-electron chi connectivity index (χ0n) is 19.2. The van der Waals surface area contributed by atoms with Crippen molar-refractivity contribution in [3.05, 3.63) is 35.7 Å². The zero-order valence-corrected chi connectivity index (χ0v) is 20.0. The summed E-state index contributed by atoms with van der Waals surface area (Å²) >= 11 is 1.14. The van der Waals surface area contributed by atoms with Crippen LogP contribution in [0.25, 0.3) is 11.1 Å². The molecule has 0 radical (unpaired) electrons. The second kappa shape index (κ2) is 10.6. The molecule has 9 nitrogen and oxygen atoms in total. The first-order valence-electron chi connectivity index (χ1n) is 10.4. The Morgan fingerprint density at radius 1 is 1.03 bits per heavy atom. The van der Waals surface area contributed by atoms with E-state index in [0.717, 1.165) is 25.6 Å². The minimum absolute atomic E-state index is 0.122. The summed E-state index contributed by atoms with van der Waals surface area (Å²) in [5.74, 6) is -1.66. The molecule has 0 unspecified atom stereocenters. The zero-order chi connectivity index (χ0) is 25.9. The highest BCUT2D eigenvalue weighted by atomic mass is 32.2. The summed E-state index contributed by atoms with van der Waals surface area (Å²) in [6.07, 6.45) is -7.88. The molecule has 1 fully saturated rings. The molecule has 13 heteroatoms. The van der Waals surface area contributed by atoms with Crippen molar-refractivity contribution in [2.45, 2.75) is 57.6 Å². The molecule has 1 saturated heterocycles. The van der Waals surface area contributed by atoms with Crippen LogP contribution in [0.4, 0.5) is 13.2 Å². The van der Waals surface area contributed by atoms with Gasteiger partial charge in [-0.05, 0) is 24.6 Å². The van der Waals surface area contributed by atoms with Crippen LogP contribution in [-0.4, -0.2) is 57.6 Å². The van der Waals surface area contributed by atoms with E-state index in [9.17, 15) is 27.6 Å². The smallest absolute Gasteiger partial charge is 0.435 e. The number of carbonyl (C=O) groups excluding carboxylic acids is 3. The van der Waals surface area contributed by atoms with Gasteiger partial charge in [-0.15, -0.1) is 11.8 Å². The molecule has 1 aliphatic rings. The summed E-state index contributed by atoms with van der Waals surface area (Å²) in [5.41, 5.74) is -1.67. The van der Waals surface area contributed by atoms with Gasteiger partial charge in [-0.2, -0.15) is 18.3 Å². The van der Waals surface area contributed by atoms with Crippen LogP contribution in [0.2, 0.25) is 0 Å². The van der Waals surface area contributed by atoms with Gasteiger partial charge in [-0.3, -0.25) is 19.5 Å². The number of ether oxygens (including phenoxy) is 4. The van der Waals surface area contributed by atoms with Crippen LogP contribution in [0, 0.1) is 6.92 Å². The lowest BCUT2D eigenvalue weighted by molar-refractivity contribution is -0.186. The Hall–Kier alpha value is -3.22. The summed E-state index contributed by atoms with van der Waals surface area (Å²) < 4.78 is 62.2. The first-order chi connectivity index (χ1) is 16.4. The third-order valence-corrected chi connectivity index (χ3v) is 6.11. The van der Waals surface area contributed by atoms with Gasteiger partial charge in [0.25, 0.3) is 0 Å². The molecule has 2 aromatic rings. The quantitative estimate of drug-likeness (QED) is 0.454. The number of hydrogen-bond donors (Lipinski definition) is 1. The minimum Gasteiger partial charge on any atom is -0.476 e. The number of aryl methyl sites for hydroxylation is 1. The van der Waals surface area contributed by atoms with Gasteiger partial charge >= 0.3 is 24.1 Å². The van der Waals surface area contributed by atoms with Crippen LogP contribution in [0.5, 0.6) is 5.75 Å². The van der Waals surface area contributed by atoms with Crippen molar-refractivity contribution < 1.29 is 46.5 Å². The minimum atomic E-state index is -4.67. The highest BCUT2D eigenvalue weighted by Gasteiger charge is 2.47. The van der Waals surface area contributed by atoms with Gasteiger partial charge in [0.05, 0.1) is 0 Å². The van der Waals surface area contributed by atoms with Crippen LogP contribution in [0.3, 0.4) is 0 Å². The molecular formula is C22H23F3N2O7S. The second-order valence-corrected chi connectivity index (χ2v) is 8.84. The van der Waals surface area contributed by atoms with Crippen LogP contribution >= 0.6 is 11.8 Å². The Morgan fingerprint density at radius 2 is 1.66 bits per heavy atom. The van der Waals surface area contributed by atoms with Gasteiger partial charge in [0, 0.05) is 37.8 Å². The van der Waals surface area contributed by atoms with Crippen LogP contribution in [0.1, 0.15) is 32.2 Å². The van der Waals surface area contributed by atoms with Gasteiger partial charge in [0.15, 0.2) is 29.4 Å². The van der Waals surface area contributed by atoms with E-state index in [0.29, 0.717) is 0 Å². The predicted octanol–water partition coefficient (Wildman–Crippen LogP) is 3.65. The van der Waals surface area contributed by atoms with E-state index in [1.165, 1.54) is 38.1 Å². The van der Waals surface area contributed by atoms with Crippen LogP contribution < -0.4 is 4.74 Å². The molecule has 1 aliphatic heterocycles. The summed E-state index contributed by atoms with van der Waals surface area (Å²) in [6, 6.07) is 5.92. The van der Waals surface area contributed by atoms with Crippen molar-refractivity contribution in [3.63, 3.8) is 0 Å². The standard InChI is InChI=1S/C22H23F3N2O7S/c1-10-17(20(27-26-10)22(23,24)25)14-6-5-7-15(8-14)34-21-19(33-13(4)30)18(32-12(3)29)16(9-35-21)31-11(2)28/h5-8,16,18-19,21H,9H2,1-4H3,(H,26,27)/t16-,18+,19-,21-/m1/s1. The molecule has 0 amide bonds. The van der Waals surface area contributed by atoms with Gasteiger partial charge in [-0.25, -0.2) is 0 Å². The molecule has 1 aromatic heterocycles. The third-order valence-electron chi connectivity index (χ3n) is 4.90. The third kappa shape index (κ3) is 6.47. The fourth-order valence-corrected chi connectivity index (χ4v) is 4.87. The van der Waals surface area contributed by atoms with Crippen molar-refractivity contribution in [1.29, 1.82) is 0 Å². The summed E-state index contributed by atoms with van der Waals surface area (Å²) in [5, 5.41) is 5.73. The number of nitrogens with zero attached hydrogens (tertiary/aromatic N) is 1. The summed E-state index contributed by atoms with van der Waals surface area (Å²) in [4.78, 5) is 35.0. The Labute approximate surface area is 202 Å². The average molecular weight is 516 g/mol. The van der Waals surface area contributed by atoms with Crippen LogP contribution in [0.15, 0.2) is 24.3 Å². The normalized spacial score (nSPS) is 22.3. The van der Waals surface area contributed by atoms with E-state index in [2.05, 4.69) is 10.2 Å². The highest BCUT2D eigenvalue weighted by Crippen LogP contribution is 2.39. The lowest BCUT2D eigenvalue weighted by Crippen LogP contribution is -2.55. The van der Waals surface area contributed by atoms with E-state index >= 15 is 0 Å². The number of carbonyl (C=O) groups is 3. The monoisotopic (exact) mass is 516 g/mol. The molecule has 1 N–H and O–H groups in total. The van der Waals surface area contributed by atoms with E-state index < -0.39 is 53.5 Å². The SMILES string of the molecule is CC(=O)O[C@@H]1[C@@H](OC(C)=O)[C@H](OC(C)=O)CS[C@H]1Oc1cccc(-c2c(C(F)(F)F)n[nH]c2C)c1. The van der Waals surface area contributed by atoms with E-state index in [-0.39, 0.29) is 28.3 Å². The van der Waals surface area contributed by atoms with Crippen molar-refractivity contribution in [3.8, 4) is 16.9 Å². The summed E-state index contributed by atoms with van der Waals surface area (Å²) in [6.45, 7) is 4.97. The fraction of sp³-hybridized carbons (Fsp3) is 0.455. The van der Waals surface area contributed by atoms with Crippen molar-refractivity contribution in [1.82, 2.24) is 10.2 Å². The number of rotatable bonds is 6. The Bertz CT molecular complexity index is 1100. The number of thioether (sulfide) groups is 1. The lowest BCUT2D eigenvalue weighted by atomic mass is 10.0. The molecule has 35 heavy (non-hydrogen) atoms. The number of benzene rings is 1. The Balaban J connectivity index is 1.93. The van der Waals surface area contributed by atoms with Crippen molar-refractivity contribution in [2.75, 3.05) is 5.75 Å². The molecule has 1 aromatic carbocycles. The second-order valence-electron chi connectivity index (χ2n) is 7.71. The number of H-pyrrole nitrogens is 1. The van der Waals surface area contributed by atoms with E-state index in [4.69, 9.17) is 18.9 Å². The maximum atomic E-state index is 13.4. The number of hydrogen-bond acceptors (Lipinski definition) is 9. The van der Waals surface area contributed by atoms with Crippen LogP contribution in [-0.2, 0) is 34.8 Å². The van der Waals surface area contributed by atoms with Gasteiger partial charge in [0.2, 0.25) is 0 Å². The molecule has 2 heterocycles. The van der Waals surface area contributed by atoms with Crippen molar-refractivity contribution >= 4 is 29.7 Å². The number of nitrogens with one attached hydrogen (secondary N) is 1. The van der Waals surface area contributed by atoms with E-state index in [1.807, 2.05) is 0 Å². The van der Waals surface area contributed by atoms with Crippen molar-refractivity contribution in [2.24, 2.45) is 0 Å². The number of esters is 3. The maximum absolute atomic E-state index is 13.4. The number of alkyl halides is 3. The molecule has 0 aliphatic carbocycles. The highest BCUT2D eigenvalue weighted by molar-refractivity contribution is 7.99. The molecule has 190 valence electrons. The Morgan fingerprint density at radius 3 is 2.26 bits per heavy atom. The van der Waals surface area contributed by atoms with E-state index in [1.54, 1.807) is 0 Å². The number of aromatic nitrogens is 2. The van der Waals surface area contributed by atoms with Gasteiger partial charge in [-0.1, -0.05) is 12.1 Å². The maximum Gasteiger partial charge on any atom is 0.435 e. The topological polar surface area (TPSA) is 117 Å². The van der Waals surface area contributed by atoms with Gasteiger partial charge < -0.3 is 18.9 Å². The molecule has 4 atom stereocenters. The Kier molecular flexibility index (Phi) is 7.98.